The Balaban J connectivity index is 2.38. The second kappa shape index (κ2) is 10.9. The van der Waals surface area contributed by atoms with Gasteiger partial charge in [-0.2, -0.15) is 0 Å². The molecule has 2 unspecified atom stereocenters. The summed E-state index contributed by atoms with van der Waals surface area (Å²) in [4.78, 5) is 45.9. The average molecular weight is 385 g/mol. The van der Waals surface area contributed by atoms with Crippen molar-refractivity contribution < 1.29 is 29.4 Å². The van der Waals surface area contributed by atoms with Gasteiger partial charge in [0, 0.05) is 12.5 Å². The number of rotatable bonds is 10. The number of carbonyl (C=O) groups excluding carboxylic acids is 2. The van der Waals surface area contributed by atoms with E-state index in [4.69, 9.17) is 15.9 Å². The molecule has 0 radical (unpaired) electrons. The Morgan fingerprint density at radius 2 is 1.67 bits per heavy atom. The molecule has 6 N–H and O–H groups in total. The van der Waals surface area contributed by atoms with Crippen LogP contribution >= 0.6 is 0 Å². The Bertz CT molecular complexity index is 543. The fraction of sp³-hybridized carbons (Fsp3) is 0.778. The topological polar surface area (TPSA) is 159 Å². The first-order valence-corrected chi connectivity index (χ1v) is 9.38. The Kier molecular flexibility index (Phi) is 9.20. The molecule has 9 heteroatoms. The van der Waals surface area contributed by atoms with Gasteiger partial charge in [-0.05, 0) is 43.9 Å². The zero-order chi connectivity index (χ0) is 20.6. The van der Waals surface area contributed by atoms with Gasteiger partial charge in [0.05, 0.1) is 12.5 Å². The summed E-state index contributed by atoms with van der Waals surface area (Å²) in [5.74, 6) is -2.98. The molecule has 0 spiro atoms. The van der Waals surface area contributed by atoms with Crippen molar-refractivity contribution in [2.24, 2.45) is 23.5 Å². The number of carbonyl (C=O) groups is 4. The molecule has 9 nitrogen and oxygen atoms in total. The molecule has 0 heterocycles. The van der Waals surface area contributed by atoms with Gasteiger partial charge in [0.2, 0.25) is 11.8 Å². The molecule has 1 aliphatic rings. The lowest BCUT2D eigenvalue weighted by molar-refractivity contribution is -0.147. The number of carboxylic acid groups (broad SMARTS) is 2. The zero-order valence-electron chi connectivity index (χ0n) is 15.9. The maximum Gasteiger partial charge on any atom is 0.326 e. The highest BCUT2D eigenvalue weighted by atomic mass is 16.4. The van der Waals surface area contributed by atoms with Gasteiger partial charge in [0.25, 0.3) is 0 Å². The number of nitrogens with two attached hydrogens (primary N) is 1. The van der Waals surface area contributed by atoms with Crippen molar-refractivity contribution in [3.8, 4) is 0 Å². The van der Waals surface area contributed by atoms with Crippen molar-refractivity contribution >= 4 is 23.8 Å². The SMILES string of the molecule is CC(C)CC(N)C(=O)NCC1CCC(C(=O)NC(CC(=O)O)C(=O)O)CC1. The molecule has 0 aromatic rings. The van der Waals surface area contributed by atoms with E-state index >= 15 is 0 Å². The van der Waals surface area contributed by atoms with Gasteiger partial charge in [-0.3, -0.25) is 14.4 Å². The molecular formula is C18H31N3O6. The predicted octanol–water partition coefficient (Wildman–Crippen LogP) is 0.327. The second-order valence-electron chi connectivity index (χ2n) is 7.70. The van der Waals surface area contributed by atoms with Crippen LogP contribution in [0.3, 0.4) is 0 Å². The van der Waals surface area contributed by atoms with Gasteiger partial charge in [-0.1, -0.05) is 13.8 Å². The predicted molar refractivity (Wildman–Crippen MR) is 97.7 cm³/mol. The summed E-state index contributed by atoms with van der Waals surface area (Å²) in [6, 6.07) is -1.94. The molecule has 2 atom stereocenters. The minimum atomic E-state index is -1.42. The van der Waals surface area contributed by atoms with Crippen molar-refractivity contribution in [1.29, 1.82) is 0 Å². The fourth-order valence-corrected chi connectivity index (χ4v) is 3.28. The first-order chi connectivity index (χ1) is 12.6. The van der Waals surface area contributed by atoms with Crippen LogP contribution in [0.15, 0.2) is 0 Å². The molecule has 27 heavy (non-hydrogen) atoms. The number of carboxylic acids is 2. The van der Waals surface area contributed by atoms with E-state index in [1.807, 2.05) is 13.8 Å². The third-order valence-corrected chi connectivity index (χ3v) is 4.84. The molecule has 154 valence electrons. The lowest BCUT2D eigenvalue weighted by Crippen LogP contribution is -2.46. The van der Waals surface area contributed by atoms with Gasteiger partial charge in [-0.15, -0.1) is 0 Å². The monoisotopic (exact) mass is 385 g/mol. The highest BCUT2D eigenvalue weighted by Crippen LogP contribution is 2.28. The van der Waals surface area contributed by atoms with Crippen molar-refractivity contribution in [3.05, 3.63) is 0 Å². The van der Waals surface area contributed by atoms with Crippen LogP contribution in [0.1, 0.15) is 52.4 Å². The number of aliphatic carboxylic acids is 2. The standard InChI is InChI=1S/C18H31N3O6/c1-10(2)7-13(19)17(25)20-9-11-3-5-12(6-4-11)16(24)21-14(18(26)27)8-15(22)23/h10-14H,3-9,19H2,1-2H3,(H,20,25)(H,21,24)(H,22,23)(H,26,27). The summed E-state index contributed by atoms with van der Waals surface area (Å²) in [6.45, 7) is 4.52. The number of nitrogens with one attached hydrogen (secondary N) is 2. The molecule has 1 saturated carbocycles. The normalized spacial score (nSPS) is 21.9. The smallest absolute Gasteiger partial charge is 0.326 e. The molecule has 1 fully saturated rings. The van der Waals surface area contributed by atoms with E-state index in [1.165, 1.54) is 0 Å². The first-order valence-electron chi connectivity index (χ1n) is 9.38. The molecule has 0 aliphatic heterocycles. The molecule has 1 rings (SSSR count). The summed E-state index contributed by atoms with van der Waals surface area (Å²) in [5, 5.41) is 22.9. The number of hydrogen-bond donors (Lipinski definition) is 5. The summed E-state index contributed by atoms with van der Waals surface area (Å²) < 4.78 is 0. The summed E-state index contributed by atoms with van der Waals surface area (Å²) in [7, 11) is 0. The molecular weight excluding hydrogens is 354 g/mol. The van der Waals surface area contributed by atoms with Crippen LogP contribution in [0.5, 0.6) is 0 Å². The van der Waals surface area contributed by atoms with Crippen LogP contribution in [-0.2, 0) is 19.2 Å². The summed E-state index contributed by atoms with van der Waals surface area (Å²) >= 11 is 0. The minimum Gasteiger partial charge on any atom is -0.481 e. The number of hydrogen-bond acceptors (Lipinski definition) is 5. The quantitative estimate of drug-likeness (QED) is 0.362. The molecule has 0 bridgehead atoms. The fourth-order valence-electron chi connectivity index (χ4n) is 3.28. The third-order valence-electron chi connectivity index (χ3n) is 4.84. The van der Waals surface area contributed by atoms with Crippen LogP contribution < -0.4 is 16.4 Å². The Labute approximate surface area is 159 Å². The first kappa shape index (κ1) is 22.9. The van der Waals surface area contributed by atoms with Gasteiger partial charge in [-0.25, -0.2) is 4.79 Å². The van der Waals surface area contributed by atoms with Crippen LogP contribution in [0.25, 0.3) is 0 Å². The maximum absolute atomic E-state index is 12.2. The van der Waals surface area contributed by atoms with Gasteiger partial charge in [0.1, 0.15) is 6.04 Å². The highest BCUT2D eigenvalue weighted by molar-refractivity contribution is 5.87. The van der Waals surface area contributed by atoms with Crippen molar-refractivity contribution in [2.75, 3.05) is 6.54 Å². The Morgan fingerprint density at radius 3 is 2.15 bits per heavy atom. The van der Waals surface area contributed by atoms with E-state index in [9.17, 15) is 19.2 Å². The number of amides is 2. The average Bonchev–Trinajstić information content (AvgIpc) is 2.58. The lowest BCUT2D eigenvalue weighted by atomic mass is 9.81. The zero-order valence-corrected chi connectivity index (χ0v) is 15.9. The van der Waals surface area contributed by atoms with E-state index in [2.05, 4.69) is 10.6 Å². The Hall–Kier alpha value is -2.16. The van der Waals surface area contributed by atoms with E-state index < -0.39 is 36.4 Å². The van der Waals surface area contributed by atoms with Crippen molar-refractivity contribution in [3.63, 3.8) is 0 Å². The summed E-state index contributed by atoms with van der Waals surface area (Å²) in [5.41, 5.74) is 5.85. The largest absolute Gasteiger partial charge is 0.481 e. The van der Waals surface area contributed by atoms with E-state index in [0.29, 0.717) is 31.7 Å². The van der Waals surface area contributed by atoms with E-state index in [-0.39, 0.29) is 17.7 Å². The highest BCUT2D eigenvalue weighted by Gasteiger charge is 2.30. The van der Waals surface area contributed by atoms with Gasteiger partial charge < -0.3 is 26.6 Å². The van der Waals surface area contributed by atoms with Crippen LogP contribution in [-0.4, -0.2) is 52.6 Å². The Morgan fingerprint density at radius 1 is 1.07 bits per heavy atom. The van der Waals surface area contributed by atoms with Crippen molar-refractivity contribution in [2.45, 2.75) is 64.5 Å². The van der Waals surface area contributed by atoms with Crippen LogP contribution in [0, 0.1) is 17.8 Å². The minimum absolute atomic E-state index is 0.165. The van der Waals surface area contributed by atoms with E-state index in [0.717, 1.165) is 12.8 Å². The van der Waals surface area contributed by atoms with E-state index in [1.54, 1.807) is 0 Å². The molecule has 0 saturated heterocycles. The van der Waals surface area contributed by atoms with Gasteiger partial charge >= 0.3 is 11.9 Å². The summed E-state index contributed by atoms with van der Waals surface area (Å²) in [6.07, 6.45) is 2.58. The molecule has 2 amide bonds. The third kappa shape index (κ3) is 8.38. The van der Waals surface area contributed by atoms with Gasteiger partial charge in [0.15, 0.2) is 0 Å². The second-order valence-corrected chi connectivity index (χ2v) is 7.70. The maximum atomic E-state index is 12.2. The molecule has 0 aromatic carbocycles. The molecule has 0 aromatic heterocycles. The molecule has 1 aliphatic carbocycles. The van der Waals surface area contributed by atoms with Crippen LogP contribution in [0.2, 0.25) is 0 Å². The van der Waals surface area contributed by atoms with Crippen molar-refractivity contribution in [1.82, 2.24) is 10.6 Å². The van der Waals surface area contributed by atoms with Crippen LogP contribution in [0.4, 0.5) is 0 Å². The lowest BCUT2D eigenvalue weighted by Gasteiger charge is -2.29.